The van der Waals surface area contributed by atoms with Gasteiger partial charge in [0.1, 0.15) is 0 Å². The van der Waals surface area contributed by atoms with Crippen molar-refractivity contribution in [3.05, 3.63) is 0 Å². The lowest BCUT2D eigenvalue weighted by molar-refractivity contribution is 0.0264. The lowest BCUT2D eigenvalue weighted by Crippen LogP contribution is -2.53. The molecule has 1 heterocycles. The first-order valence-electron chi connectivity index (χ1n) is 6.48. The predicted molar refractivity (Wildman–Crippen MR) is 68.9 cm³/mol. The van der Waals surface area contributed by atoms with Crippen LogP contribution >= 0.6 is 0 Å². The summed E-state index contributed by atoms with van der Waals surface area (Å²) in [5.41, 5.74) is 0.320. The van der Waals surface area contributed by atoms with Crippen molar-refractivity contribution >= 4 is 0 Å². The molecule has 1 aliphatic rings. The zero-order valence-electron chi connectivity index (χ0n) is 11.6. The molecule has 0 radical (unpaired) electrons. The number of rotatable bonds is 4. The van der Waals surface area contributed by atoms with Gasteiger partial charge < -0.3 is 4.74 Å². The molecule has 3 nitrogen and oxygen atoms in total. The average molecular weight is 228 g/mol. The van der Waals surface area contributed by atoms with Crippen molar-refractivity contribution < 1.29 is 4.74 Å². The lowest BCUT2D eigenvalue weighted by atomic mass is 10.1. The first-order valence-corrected chi connectivity index (χ1v) is 6.48. The van der Waals surface area contributed by atoms with Crippen molar-refractivity contribution in [2.45, 2.75) is 46.3 Å². The summed E-state index contributed by atoms with van der Waals surface area (Å²) in [6, 6.07) is 0. The minimum Gasteiger partial charge on any atom is -0.377 e. The standard InChI is InChI=1S/C13H28N2O/c1-12(2)16-11-10-14-6-8-15(9-7-14)13(3,4)5/h12H,6-11H2,1-5H3. The molecule has 0 N–H and O–H groups in total. The van der Waals surface area contributed by atoms with Crippen molar-refractivity contribution in [3.63, 3.8) is 0 Å². The molecular formula is C13H28N2O. The van der Waals surface area contributed by atoms with Gasteiger partial charge in [0.05, 0.1) is 12.7 Å². The Labute approximate surface area is 101 Å². The number of hydrogen-bond acceptors (Lipinski definition) is 3. The van der Waals surface area contributed by atoms with Gasteiger partial charge in [-0.3, -0.25) is 9.80 Å². The third-order valence-corrected chi connectivity index (χ3v) is 3.18. The molecule has 96 valence electrons. The van der Waals surface area contributed by atoms with E-state index in [0.717, 1.165) is 13.2 Å². The zero-order chi connectivity index (χ0) is 12.2. The first-order chi connectivity index (χ1) is 7.39. The normalized spacial score (nSPS) is 20.6. The van der Waals surface area contributed by atoms with E-state index < -0.39 is 0 Å². The Morgan fingerprint density at radius 3 is 2.06 bits per heavy atom. The maximum Gasteiger partial charge on any atom is 0.0596 e. The summed E-state index contributed by atoms with van der Waals surface area (Å²) >= 11 is 0. The van der Waals surface area contributed by atoms with E-state index in [9.17, 15) is 0 Å². The Bertz CT molecular complexity index is 191. The van der Waals surface area contributed by atoms with Gasteiger partial charge in [0, 0.05) is 38.3 Å². The second-order valence-electron chi connectivity index (χ2n) is 5.92. The first kappa shape index (κ1) is 13.9. The average Bonchev–Trinajstić information content (AvgIpc) is 2.16. The van der Waals surface area contributed by atoms with Gasteiger partial charge in [-0.15, -0.1) is 0 Å². The van der Waals surface area contributed by atoms with Crippen LogP contribution in [0.5, 0.6) is 0 Å². The molecule has 1 rings (SSSR count). The van der Waals surface area contributed by atoms with E-state index in [1.54, 1.807) is 0 Å². The summed E-state index contributed by atoms with van der Waals surface area (Å²) in [5.74, 6) is 0. The fourth-order valence-electron chi connectivity index (χ4n) is 2.06. The minimum atomic E-state index is 0.320. The molecule has 0 aromatic heterocycles. The molecule has 0 atom stereocenters. The van der Waals surface area contributed by atoms with Gasteiger partial charge in [0.25, 0.3) is 0 Å². The van der Waals surface area contributed by atoms with Crippen molar-refractivity contribution in [1.29, 1.82) is 0 Å². The number of hydrogen-bond donors (Lipinski definition) is 0. The summed E-state index contributed by atoms with van der Waals surface area (Å²) in [5, 5.41) is 0. The van der Waals surface area contributed by atoms with Crippen LogP contribution in [0.3, 0.4) is 0 Å². The third-order valence-electron chi connectivity index (χ3n) is 3.18. The van der Waals surface area contributed by atoms with Gasteiger partial charge in [-0.2, -0.15) is 0 Å². The van der Waals surface area contributed by atoms with Crippen LogP contribution in [-0.2, 0) is 4.74 Å². The highest BCUT2D eigenvalue weighted by Gasteiger charge is 2.25. The fourth-order valence-corrected chi connectivity index (χ4v) is 2.06. The fraction of sp³-hybridized carbons (Fsp3) is 1.00. The molecule has 0 unspecified atom stereocenters. The van der Waals surface area contributed by atoms with Crippen LogP contribution in [0, 0.1) is 0 Å². The highest BCUT2D eigenvalue weighted by molar-refractivity contribution is 4.81. The summed E-state index contributed by atoms with van der Waals surface area (Å²) in [6.45, 7) is 17.8. The van der Waals surface area contributed by atoms with Crippen LogP contribution in [0.25, 0.3) is 0 Å². The molecule has 1 aliphatic heterocycles. The molecule has 0 aromatic rings. The highest BCUT2D eigenvalue weighted by Crippen LogP contribution is 2.15. The van der Waals surface area contributed by atoms with E-state index in [-0.39, 0.29) is 0 Å². The van der Waals surface area contributed by atoms with Gasteiger partial charge >= 0.3 is 0 Å². The third kappa shape index (κ3) is 4.81. The zero-order valence-corrected chi connectivity index (χ0v) is 11.6. The van der Waals surface area contributed by atoms with E-state index in [2.05, 4.69) is 44.4 Å². The molecule has 0 spiro atoms. The van der Waals surface area contributed by atoms with Gasteiger partial charge in [0.2, 0.25) is 0 Å². The second kappa shape index (κ2) is 5.99. The SMILES string of the molecule is CC(C)OCCN1CCN(C(C)(C)C)CC1. The van der Waals surface area contributed by atoms with Crippen LogP contribution in [0.15, 0.2) is 0 Å². The monoisotopic (exact) mass is 228 g/mol. The van der Waals surface area contributed by atoms with E-state index in [1.807, 2.05) is 0 Å². The van der Waals surface area contributed by atoms with Gasteiger partial charge in [-0.05, 0) is 34.6 Å². The van der Waals surface area contributed by atoms with Crippen LogP contribution in [0.1, 0.15) is 34.6 Å². The van der Waals surface area contributed by atoms with E-state index >= 15 is 0 Å². The largest absolute Gasteiger partial charge is 0.377 e. The van der Waals surface area contributed by atoms with Crippen molar-refractivity contribution in [2.24, 2.45) is 0 Å². The Kier molecular flexibility index (Phi) is 5.22. The summed E-state index contributed by atoms with van der Waals surface area (Å²) < 4.78 is 5.58. The maximum atomic E-state index is 5.58. The molecule has 16 heavy (non-hydrogen) atoms. The van der Waals surface area contributed by atoms with E-state index in [4.69, 9.17) is 4.74 Å². The molecular weight excluding hydrogens is 200 g/mol. The summed E-state index contributed by atoms with van der Waals surface area (Å²) in [4.78, 5) is 5.07. The Morgan fingerprint density at radius 2 is 1.62 bits per heavy atom. The molecule has 0 saturated carbocycles. The predicted octanol–water partition coefficient (Wildman–Crippen LogP) is 1.83. The van der Waals surface area contributed by atoms with Gasteiger partial charge in [-0.1, -0.05) is 0 Å². The molecule has 0 aromatic carbocycles. The van der Waals surface area contributed by atoms with Crippen molar-refractivity contribution in [1.82, 2.24) is 9.80 Å². The lowest BCUT2D eigenvalue weighted by Gasteiger charge is -2.42. The van der Waals surface area contributed by atoms with Crippen LogP contribution in [-0.4, -0.2) is 60.8 Å². The van der Waals surface area contributed by atoms with E-state index in [1.165, 1.54) is 26.2 Å². The van der Waals surface area contributed by atoms with Crippen LogP contribution < -0.4 is 0 Å². The van der Waals surface area contributed by atoms with Crippen LogP contribution in [0.4, 0.5) is 0 Å². The smallest absolute Gasteiger partial charge is 0.0596 e. The molecule has 0 aliphatic carbocycles. The highest BCUT2D eigenvalue weighted by atomic mass is 16.5. The second-order valence-corrected chi connectivity index (χ2v) is 5.92. The number of nitrogens with zero attached hydrogens (tertiary/aromatic N) is 2. The topological polar surface area (TPSA) is 15.7 Å². The molecule has 0 amide bonds. The Morgan fingerprint density at radius 1 is 1.06 bits per heavy atom. The number of ether oxygens (including phenoxy) is 1. The summed E-state index contributed by atoms with van der Waals surface area (Å²) in [6.07, 6.45) is 0.357. The Balaban J connectivity index is 2.17. The molecule has 1 fully saturated rings. The molecule has 1 saturated heterocycles. The Hall–Kier alpha value is -0.120. The van der Waals surface area contributed by atoms with E-state index in [0.29, 0.717) is 11.6 Å². The van der Waals surface area contributed by atoms with Gasteiger partial charge in [-0.25, -0.2) is 0 Å². The maximum absolute atomic E-state index is 5.58. The molecule has 0 bridgehead atoms. The molecule has 3 heteroatoms. The van der Waals surface area contributed by atoms with Crippen molar-refractivity contribution in [3.8, 4) is 0 Å². The van der Waals surface area contributed by atoms with Gasteiger partial charge in [0.15, 0.2) is 0 Å². The minimum absolute atomic E-state index is 0.320. The quantitative estimate of drug-likeness (QED) is 0.730. The van der Waals surface area contributed by atoms with Crippen LogP contribution in [0.2, 0.25) is 0 Å². The van der Waals surface area contributed by atoms with Crippen molar-refractivity contribution in [2.75, 3.05) is 39.3 Å². The summed E-state index contributed by atoms with van der Waals surface area (Å²) in [7, 11) is 0. The number of piperazine rings is 1.